The van der Waals surface area contributed by atoms with Crippen molar-refractivity contribution in [2.75, 3.05) is 0 Å². The predicted octanol–water partition coefficient (Wildman–Crippen LogP) is 2.34. The first-order chi connectivity index (χ1) is 12.9. The Morgan fingerprint density at radius 2 is 0.679 bits per heavy atom. The van der Waals surface area contributed by atoms with Crippen molar-refractivity contribution in [3.8, 4) is 0 Å². The summed E-state index contributed by atoms with van der Waals surface area (Å²) in [5.74, 6) is -2.76. The smallest absolute Gasteiger partial charge is 0.335 e. The number of carboxylic acids is 3. The Bertz CT molecular complexity index is 747. The van der Waals surface area contributed by atoms with E-state index in [2.05, 4.69) is 15.0 Å². The zero-order valence-electron chi connectivity index (χ0n) is 14.2. The number of carbonyl (C=O) groups is 3. The molecule has 0 saturated carbocycles. The summed E-state index contributed by atoms with van der Waals surface area (Å²) in [6, 6.07) is 8.68. The fourth-order valence-electron chi connectivity index (χ4n) is 1.48. The van der Waals surface area contributed by atoms with Crippen molar-refractivity contribution >= 4 is 17.9 Å². The van der Waals surface area contributed by atoms with Gasteiger partial charge in [-0.05, 0) is 36.4 Å². The molecular weight excluding hydrogens is 505 g/mol. The van der Waals surface area contributed by atoms with E-state index in [1.54, 1.807) is 0 Å². The zero-order chi connectivity index (χ0) is 20.1. The average molecular weight is 520 g/mol. The van der Waals surface area contributed by atoms with Crippen LogP contribution in [0.4, 0.5) is 0 Å². The monoisotopic (exact) mass is 521 g/mol. The van der Waals surface area contributed by atoms with Crippen LogP contribution in [0, 0.1) is 40.4 Å². The fraction of sp³-hybridized carbons (Fsp3) is 0. The van der Waals surface area contributed by atoms with Crippen LogP contribution >= 0.6 is 0 Å². The molecule has 144 valence electrons. The van der Waals surface area contributed by atoms with Gasteiger partial charge in [0.25, 0.3) is 0 Å². The van der Waals surface area contributed by atoms with E-state index in [0.717, 1.165) is 0 Å². The van der Waals surface area contributed by atoms with E-state index in [4.69, 9.17) is 15.3 Å². The number of hydrogen-bond acceptors (Lipinski definition) is 6. The van der Waals surface area contributed by atoms with Crippen molar-refractivity contribution in [2.24, 2.45) is 0 Å². The van der Waals surface area contributed by atoms with E-state index in [-0.39, 0.29) is 57.1 Å². The molecule has 0 saturated heterocycles. The molecule has 0 unspecified atom stereocenters. The predicted molar refractivity (Wildman–Crippen MR) is 93.6 cm³/mol. The Morgan fingerprint density at radius 1 is 0.500 bits per heavy atom. The average Bonchev–Trinajstić information content (AvgIpc) is 2.71. The van der Waals surface area contributed by atoms with Crippen LogP contribution in [0.15, 0.2) is 73.6 Å². The van der Waals surface area contributed by atoms with Crippen LogP contribution in [0.2, 0.25) is 0 Å². The molecule has 0 aliphatic rings. The van der Waals surface area contributed by atoms with Crippen LogP contribution in [0.25, 0.3) is 0 Å². The Hall–Kier alpha value is -2.80. The van der Waals surface area contributed by atoms with Gasteiger partial charge in [-0.2, -0.15) is 0 Å². The molecule has 0 bridgehead atoms. The van der Waals surface area contributed by atoms with Crippen LogP contribution in [0.3, 0.4) is 0 Å². The SMILES string of the molecule is O=C(O)c1ccncc1.O=C(O)c1ccncc1.O=C(O)c1ccncc1.[Sm]. The minimum Gasteiger partial charge on any atom is -0.478 e. The molecule has 0 aliphatic heterocycles. The largest absolute Gasteiger partial charge is 0.478 e. The third kappa shape index (κ3) is 10.4. The van der Waals surface area contributed by atoms with E-state index in [0.29, 0.717) is 0 Å². The number of rotatable bonds is 3. The van der Waals surface area contributed by atoms with Crippen LogP contribution in [0.5, 0.6) is 0 Å². The summed E-state index contributed by atoms with van der Waals surface area (Å²) in [5, 5.41) is 25.1. The van der Waals surface area contributed by atoms with Crippen LogP contribution in [-0.4, -0.2) is 48.2 Å². The third-order valence-corrected chi connectivity index (χ3v) is 2.78. The molecule has 3 rings (SSSR count). The summed E-state index contributed by atoms with van der Waals surface area (Å²) in [6.45, 7) is 0. The van der Waals surface area contributed by atoms with E-state index in [1.165, 1.54) is 73.6 Å². The van der Waals surface area contributed by atoms with Crippen molar-refractivity contribution in [2.45, 2.75) is 0 Å². The maximum absolute atomic E-state index is 10.2. The van der Waals surface area contributed by atoms with Gasteiger partial charge in [-0.15, -0.1) is 0 Å². The first-order valence-corrected chi connectivity index (χ1v) is 7.31. The molecule has 3 heterocycles. The van der Waals surface area contributed by atoms with Gasteiger partial charge in [0.2, 0.25) is 0 Å². The van der Waals surface area contributed by atoms with E-state index >= 15 is 0 Å². The van der Waals surface area contributed by atoms with Crippen LogP contribution < -0.4 is 0 Å². The van der Waals surface area contributed by atoms with E-state index in [1.807, 2.05) is 0 Å². The summed E-state index contributed by atoms with van der Waals surface area (Å²) < 4.78 is 0. The second kappa shape index (κ2) is 14.3. The second-order valence-corrected chi connectivity index (χ2v) is 4.62. The minimum absolute atomic E-state index is 0. The molecule has 0 spiro atoms. The fourth-order valence-corrected chi connectivity index (χ4v) is 1.48. The molecule has 0 fully saturated rings. The number of hydrogen-bond donors (Lipinski definition) is 3. The van der Waals surface area contributed by atoms with Gasteiger partial charge < -0.3 is 15.3 Å². The van der Waals surface area contributed by atoms with Crippen molar-refractivity contribution in [1.82, 2.24) is 15.0 Å². The minimum atomic E-state index is -0.919. The second-order valence-electron chi connectivity index (χ2n) is 4.62. The van der Waals surface area contributed by atoms with Gasteiger partial charge in [-0.3, -0.25) is 15.0 Å². The number of pyridine rings is 3. The van der Waals surface area contributed by atoms with Gasteiger partial charge in [0.05, 0.1) is 16.7 Å². The van der Waals surface area contributed by atoms with E-state index < -0.39 is 17.9 Å². The first-order valence-electron chi connectivity index (χ1n) is 7.31. The summed E-state index contributed by atoms with van der Waals surface area (Å²) >= 11 is 0. The summed E-state index contributed by atoms with van der Waals surface area (Å²) in [7, 11) is 0. The maximum atomic E-state index is 10.2. The van der Waals surface area contributed by atoms with Crippen molar-refractivity contribution in [3.05, 3.63) is 90.3 Å². The number of aromatic carboxylic acids is 3. The Morgan fingerprint density at radius 3 is 0.786 bits per heavy atom. The van der Waals surface area contributed by atoms with Crippen molar-refractivity contribution in [3.63, 3.8) is 0 Å². The first kappa shape index (κ1) is 25.2. The summed E-state index contributed by atoms with van der Waals surface area (Å²) in [5.41, 5.74) is 0.806. The molecule has 10 heteroatoms. The third-order valence-electron chi connectivity index (χ3n) is 2.78. The molecule has 9 nitrogen and oxygen atoms in total. The van der Waals surface area contributed by atoms with Gasteiger partial charge in [-0.1, -0.05) is 0 Å². The number of nitrogens with zero attached hydrogens (tertiary/aromatic N) is 3. The molecule has 0 atom stereocenters. The molecule has 0 radical (unpaired) electrons. The molecule has 3 aromatic heterocycles. The Labute approximate surface area is 192 Å². The topological polar surface area (TPSA) is 151 Å². The number of carboxylic acid groups (broad SMARTS) is 3. The number of aromatic nitrogens is 3. The molecule has 3 N–H and O–H groups in total. The van der Waals surface area contributed by atoms with Gasteiger partial charge in [0, 0.05) is 77.6 Å². The molecule has 3 aromatic rings. The van der Waals surface area contributed by atoms with Crippen molar-refractivity contribution < 1.29 is 70.1 Å². The van der Waals surface area contributed by atoms with Gasteiger partial charge in [0.1, 0.15) is 0 Å². The van der Waals surface area contributed by atoms with E-state index in [9.17, 15) is 14.4 Å². The molecule has 28 heavy (non-hydrogen) atoms. The summed E-state index contributed by atoms with van der Waals surface area (Å²) in [6.07, 6.45) is 8.69. The van der Waals surface area contributed by atoms with Crippen LogP contribution in [-0.2, 0) is 0 Å². The standard InChI is InChI=1S/3C6H5NO2.Sm/c3*8-6(9)5-1-3-7-4-2-5;/h3*1-4H,(H,8,9);. The summed E-state index contributed by atoms with van der Waals surface area (Å²) in [4.78, 5) is 41.5. The quantitative estimate of drug-likeness (QED) is 0.473. The molecule has 0 aliphatic carbocycles. The normalized spacial score (nSPS) is 8.57. The van der Waals surface area contributed by atoms with Crippen LogP contribution in [0.1, 0.15) is 31.1 Å². The van der Waals surface area contributed by atoms with Gasteiger partial charge >= 0.3 is 17.9 Å². The molecule has 0 aromatic carbocycles. The Balaban J connectivity index is 0.000000384. The molecular formula is C18H15N3O6Sm. The Kier molecular flexibility index (Phi) is 12.9. The van der Waals surface area contributed by atoms with Gasteiger partial charge in [-0.25, -0.2) is 14.4 Å². The zero-order valence-corrected chi connectivity index (χ0v) is 16.9. The van der Waals surface area contributed by atoms with Crippen molar-refractivity contribution in [1.29, 1.82) is 0 Å². The molecule has 0 amide bonds. The van der Waals surface area contributed by atoms with Gasteiger partial charge in [0.15, 0.2) is 0 Å². The maximum Gasteiger partial charge on any atom is 0.335 e.